The lowest BCUT2D eigenvalue weighted by atomic mass is 9.74. The summed E-state index contributed by atoms with van der Waals surface area (Å²) < 4.78 is 9.99. The molecule has 0 bridgehead atoms. The number of cyclic esters (lactones) is 2. The van der Waals surface area contributed by atoms with Crippen LogP contribution >= 0.6 is 0 Å². The molecule has 1 heterocycles. The van der Waals surface area contributed by atoms with Crippen molar-refractivity contribution < 1.29 is 19.1 Å². The Morgan fingerprint density at radius 3 is 2.30 bits per heavy atom. The fourth-order valence-corrected chi connectivity index (χ4v) is 2.66. The highest BCUT2D eigenvalue weighted by Crippen LogP contribution is 2.38. The van der Waals surface area contributed by atoms with Crippen molar-refractivity contribution in [2.75, 3.05) is 7.11 Å². The molecule has 0 aliphatic carbocycles. The van der Waals surface area contributed by atoms with Crippen molar-refractivity contribution in [2.45, 2.75) is 44.9 Å². The monoisotopic (exact) mass is 276 g/mol. The minimum atomic E-state index is -0.498. The minimum absolute atomic E-state index is 0.225. The van der Waals surface area contributed by atoms with Crippen molar-refractivity contribution in [2.24, 2.45) is 0 Å². The lowest BCUT2D eigenvalue weighted by molar-refractivity contribution is -0.166. The summed E-state index contributed by atoms with van der Waals surface area (Å²) in [7, 11) is 1.64. The summed E-state index contributed by atoms with van der Waals surface area (Å²) in [4.78, 5) is 23.1. The van der Waals surface area contributed by atoms with Crippen LogP contribution in [-0.4, -0.2) is 19.0 Å². The first-order valence-electron chi connectivity index (χ1n) is 6.77. The number of carbonyl (C=O) groups is 2. The van der Waals surface area contributed by atoms with Gasteiger partial charge in [-0.05, 0) is 23.1 Å². The Morgan fingerprint density at radius 2 is 1.80 bits per heavy atom. The standard InChI is InChI=1S/C16H20O4/c1-10(2)12-7-11(5-6-13(12)19-4)16(3)8-14(17)20-15(18)9-16/h5-7,10H,8-9H2,1-4H3. The normalized spacial score (nSPS) is 18.1. The quantitative estimate of drug-likeness (QED) is 0.629. The number of rotatable bonds is 3. The molecule has 0 N–H and O–H groups in total. The van der Waals surface area contributed by atoms with Crippen LogP contribution in [0.25, 0.3) is 0 Å². The number of hydrogen-bond acceptors (Lipinski definition) is 4. The third-order valence-corrected chi connectivity index (χ3v) is 3.85. The number of esters is 2. The molecule has 0 saturated carbocycles. The summed E-state index contributed by atoms with van der Waals surface area (Å²) in [5.74, 6) is 0.230. The molecule has 20 heavy (non-hydrogen) atoms. The molecule has 0 spiro atoms. The van der Waals surface area contributed by atoms with Gasteiger partial charge in [0.05, 0.1) is 20.0 Å². The van der Waals surface area contributed by atoms with Crippen LogP contribution in [0.5, 0.6) is 5.75 Å². The highest BCUT2D eigenvalue weighted by Gasteiger charge is 2.39. The average Bonchev–Trinajstić information content (AvgIpc) is 2.36. The number of benzene rings is 1. The van der Waals surface area contributed by atoms with Crippen molar-refractivity contribution in [3.63, 3.8) is 0 Å². The zero-order valence-corrected chi connectivity index (χ0v) is 12.4. The zero-order chi connectivity index (χ0) is 14.9. The first-order chi connectivity index (χ1) is 9.35. The molecule has 2 rings (SSSR count). The Morgan fingerprint density at radius 1 is 1.20 bits per heavy atom. The van der Waals surface area contributed by atoms with Crippen LogP contribution in [0, 0.1) is 0 Å². The molecule has 1 fully saturated rings. The fourth-order valence-electron chi connectivity index (χ4n) is 2.66. The molecule has 0 amide bonds. The zero-order valence-electron chi connectivity index (χ0n) is 12.4. The van der Waals surface area contributed by atoms with Crippen LogP contribution < -0.4 is 4.74 Å². The maximum absolute atomic E-state index is 11.5. The van der Waals surface area contributed by atoms with E-state index in [2.05, 4.69) is 18.6 Å². The number of carbonyl (C=O) groups excluding carboxylic acids is 2. The van der Waals surface area contributed by atoms with Crippen molar-refractivity contribution >= 4 is 11.9 Å². The molecular weight excluding hydrogens is 256 g/mol. The van der Waals surface area contributed by atoms with Gasteiger partial charge in [-0.3, -0.25) is 9.59 Å². The summed E-state index contributed by atoms with van der Waals surface area (Å²) in [5, 5.41) is 0. The molecule has 0 aromatic heterocycles. The van der Waals surface area contributed by atoms with E-state index in [-0.39, 0.29) is 12.8 Å². The molecule has 1 saturated heterocycles. The second kappa shape index (κ2) is 5.27. The number of methoxy groups -OCH3 is 1. The SMILES string of the molecule is COc1ccc(C2(C)CC(=O)OC(=O)C2)cc1C(C)C. The second-order valence-electron chi connectivity index (χ2n) is 5.87. The first kappa shape index (κ1) is 14.6. The van der Waals surface area contributed by atoms with E-state index in [1.807, 2.05) is 25.1 Å². The van der Waals surface area contributed by atoms with Gasteiger partial charge in [0.1, 0.15) is 5.75 Å². The van der Waals surface area contributed by atoms with Gasteiger partial charge in [-0.1, -0.05) is 32.9 Å². The van der Waals surface area contributed by atoms with Crippen molar-refractivity contribution in [1.29, 1.82) is 0 Å². The van der Waals surface area contributed by atoms with E-state index < -0.39 is 17.4 Å². The largest absolute Gasteiger partial charge is 0.496 e. The van der Waals surface area contributed by atoms with E-state index in [1.54, 1.807) is 7.11 Å². The highest BCUT2D eigenvalue weighted by atomic mass is 16.6. The van der Waals surface area contributed by atoms with Crippen LogP contribution in [0.4, 0.5) is 0 Å². The predicted octanol–water partition coefficient (Wildman–Crippen LogP) is 2.94. The highest BCUT2D eigenvalue weighted by molar-refractivity contribution is 5.90. The lowest BCUT2D eigenvalue weighted by Gasteiger charge is -2.32. The van der Waals surface area contributed by atoms with Gasteiger partial charge in [-0.15, -0.1) is 0 Å². The van der Waals surface area contributed by atoms with Gasteiger partial charge < -0.3 is 9.47 Å². The van der Waals surface area contributed by atoms with E-state index >= 15 is 0 Å². The summed E-state index contributed by atoms with van der Waals surface area (Å²) in [6.07, 6.45) is 0.450. The smallest absolute Gasteiger partial charge is 0.314 e. The molecule has 1 aromatic rings. The van der Waals surface area contributed by atoms with Crippen molar-refractivity contribution in [3.8, 4) is 5.75 Å². The molecule has 1 aliphatic heterocycles. The van der Waals surface area contributed by atoms with Gasteiger partial charge in [0, 0.05) is 5.41 Å². The number of hydrogen-bond donors (Lipinski definition) is 0. The molecule has 1 aliphatic rings. The fraction of sp³-hybridized carbons (Fsp3) is 0.500. The Balaban J connectivity index is 2.44. The van der Waals surface area contributed by atoms with Gasteiger partial charge in [-0.2, -0.15) is 0 Å². The van der Waals surface area contributed by atoms with Crippen LogP contribution in [-0.2, 0) is 19.7 Å². The Hall–Kier alpha value is -1.84. The topological polar surface area (TPSA) is 52.6 Å². The molecule has 0 radical (unpaired) electrons. The molecule has 108 valence electrons. The predicted molar refractivity (Wildman–Crippen MR) is 74.8 cm³/mol. The molecule has 0 unspecified atom stereocenters. The molecule has 0 atom stereocenters. The van der Waals surface area contributed by atoms with Gasteiger partial charge in [-0.25, -0.2) is 0 Å². The summed E-state index contributed by atoms with van der Waals surface area (Å²) in [6.45, 7) is 6.10. The maximum Gasteiger partial charge on any atom is 0.314 e. The third-order valence-electron chi connectivity index (χ3n) is 3.85. The van der Waals surface area contributed by atoms with E-state index in [4.69, 9.17) is 4.74 Å². The molecular formula is C16H20O4. The average molecular weight is 276 g/mol. The maximum atomic E-state index is 11.5. The van der Waals surface area contributed by atoms with Crippen LogP contribution in [0.3, 0.4) is 0 Å². The van der Waals surface area contributed by atoms with E-state index in [1.165, 1.54) is 0 Å². The van der Waals surface area contributed by atoms with Gasteiger partial charge in [0.2, 0.25) is 0 Å². The molecule has 4 nitrogen and oxygen atoms in total. The second-order valence-corrected chi connectivity index (χ2v) is 5.87. The lowest BCUT2D eigenvalue weighted by Crippen LogP contribution is -2.36. The van der Waals surface area contributed by atoms with Crippen molar-refractivity contribution in [1.82, 2.24) is 0 Å². The summed E-state index contributed by atoms with van der Waals surface area (Å²) >= 11 is 0. The Kier molecular flexibility index (Phi) is 3.84. The Labute approximate surface area is 119 Å². The van der Waals surface area contributed by atoms with E-state index in [0.717, 1.165) is 16.9 Å². The summed E-state index contributed by atoms with van der Waals surface area (Å²) in [5.41, 5.74) is 1.56. The Bertz CT molecular complexity index is 529. The van der Waals surface area contributed by atoms with Crippen LogP contribution in [0.15, 0.2) is 18.2 Å². The van der Waals surface area contributed by atoms with Crippen molar-refractivity contribution in [3.05, 3.63) is 29.3 Å². The minimum Gasteiger partial charge on any atom is -0.496 e. The summed E-state index contributed by atoms with van der Waals surface area (Å²) in [6, 6.07) is 5.87. The van der Waals surface area contributed by atoms with Crippen LogP contribution in [0.1, 0.15) is 50.7 Å². The van der Waals surface area contributed by atoms with Crippen LogP contribution in [0.2, 0.25) is 0 Å². The van der Waals surface area contributed by atoms with E-state index in [0.29, 0.717) is 5.92 Å². The molecule has 4 heteroatoms. The van der Waals surface area contributed by atoms with E-state index in [9.17, 15) is 9.59 Å². The first-order valence-corrected chi connectivity index (χ1v) is 6.77. The van der Waals surface area contributed by atoms with Gasteiger partial charge in [0.15, 0.2) is 0 Å². The third kappa shape index (κ3) is 2.69. The van der Waals surface area contributed by atoms with Gasteiger partial charge >= 0.3 is 11.9 Å². The van der Waals surface area contributed by atoms with Gasteiger partial charge in [0.25, 0.3) is 0 Å². The molecule has 1 aromatic carbocycles. The number of ether oxygens (including phenoxy) is 2.